The molecule has 0 amide bonds. The fourth-order valence-electron chi connectivity index (χ4n) is 6.42. The summed E-state index contributed by atoms with van der Waals surface area (Å²) in [6.45, 7) is 7.27. The summed E-state index contributed by atoms with van der Waals surface area (Å²) < 4.78 is 12.7. The van der Waals surface area contributed by atoms with Crippen LogP contribution in [0.4, 0.5) is 0 Å². The Balaban J connectivity index is 1.49. The SMILES string of the molecule is C=CCOC(=O)C1CCCC(n2c(=O)c3cc4c(=O)n(C5CCCC(C(=O)OCC=C)C5)c(=O)c4cc3c2=O)C1. The van der Waals surface area contributed by atoms with E-state index < -0.39 is 46.2 Å². The van der Waals surface area contributed by atoms with E-state index >= 15 is 0 Å². The topological polar surface area (TPSA) is 131 Å². The normalized spacial score (nSPS) is 23.2. The molecule has 2 heterocycles. The molecule has 2 saturated carbocycles. The summed E-state index contributed by atoms with van der Waals surface area (Å²) in [4.78, 5) is 78.6. The largest absolute Gasteiger partial charge is 0.461 e. The second-order valence-corrected chi connectivity index (χ2v) is 10.8. The average Bonchev–Trinajstić information content (AvgIpc) is 3.37. The van der Waals surface area contributed by atoms with Gasteiger partial charge in [-0.15, -0.1) is 0 Å². The number of aromatic nitrogens is 2. The summed E-state index contributed by atoms with van der Waals surface area (Å²) >= 11 is 0. The van der Waals surface area contributed by atoms with Gasteiger partial charge < -0.3 is 9.47 Å². The van der Waals surface area contributed by atoms with Crippen LogP contribution in [0.15, 0.2) is 56.6 Å². The molecule has 10 nitrogen and oxygen atoms in total. The van der Waals surface area contributed by atoms with E-state index in [9.17, 15) is 28.8 Å². The lowest BCUT2D eigenvalue weighted by Gasteiger charge is -2.27. The average molecular weight is 549 g/mol. The first-order valence-electron chi connectivity index (χ1n) is 13.8. The van der Waals surface area contributed by atoms with Crippen LogP contribution < -0.4 is 22.2 Å². The number of benzene rings is 1. The molecule has 4 unspecified atom stereocenters. The highest BCUT2D eigenvalue weighted by Crippen LogP contribution is 2.34. The van der Waals surface area contributed by atoms with Gasteiger partial charge in [-0.3, -0.25) is 37.9 Å². The second kappa shape index (κ2) is 11.2. The molecule has 10 heteroatoms. The molecule has 2 aliphatic carbocycles. The summed E-state index contributed by atoms with van der Waals surface area (Å²) in [7, 11) is 0. The van der Waals surface area contributed by atoms with Gasteiger partial charge in [-0.05, 0) is 50.7 Å². The Morgan fingerprint density at radius 2 is 1.02 bits per heavy atom. The Hall–Kier alpha value is -4.08. The zero-order valence-electron chi connectivity index (χ0n) is 22.3. The van der Waals surface area contributed by atoms with Crippen molar-refractivity contribution in [1.29, 1.82) is 0 Å². The van der Waals surface area contributed by atoms with Crippen LogP contribution in [0.3, 0.4) is 0 Å². The van der Waals surface area contributed by atoms with Gasteiger partial charge in [0.05, 0.1) is 33.4 Å². The van der Waals surface area contributed by atoms with E-state index in [-0.39, 0.29) is 46.7 Å². The molecule has 1 aromatic carbocycles. The van der Waals surface area contributed by atoms with Crippen LogP contribution in [0.25, 0.3) is 21.5 Å². The molecule has 0 radical (unpaired) electrons. The van der Waals surface area contributed by atoms with Gasteiger partial charge >= 0.3 is 11.9 Å². The Bertz CT molecular complexity index is 1500. The lowest BCUT2D eigenvalue weighted by molar-refractivity contribution is -0.149. The number of fused-ring (bicyclic) bond motifs is 2. The molecule has 0 saturated heterocycles. The molecule has 2 aliphatic rings. The number of hydrogen-bond acceptors (Lipinski definition) is 8. The van der Waals surface area contributed by atoms with E-state index in [1.54, 1.807) is 0 Å². The predicted octanol–water partition coefficient (Wildman–Crippen LogP) is 2.83. The van der Waals surface area contributed by atoms with Gasteiger partial charge in [-0.1, -0.05) is 38.2 Å². The second-order valence-electron chi connectivity index (χ2n) is 10.8. The van der Waals surface area contributed by atoms with Crippen molar-refractivity contribution >= 4 is 33.5 Å². The first-order chi connectivity index (χ1) is 19.3. The van der Waals surface area contributed by atoms with Crippen LogP contribution in [0, 0.1) is 11.8 Å². The zero-order valence-corrected chi connectivity index (χ0v) is 22.3. The third kappa shape index (κ3) is 4.76. The Morgan fingerprint density at radius 1 is 0.675 bits per heavy atom. The monoisotopic (exact) mass is 548 g/mol. The van der Waals surface area contributed by atoms with Gasteiger partial charge in [0.1, 0.15) is 13.2 Å². The maximum Gasteiger partial charge on any atom is 0.309 e. The molecule has 5 rings (SSSR count). The fraction of sp³-hybridized carbons (Fsp3) is 0.467. The van der Waals surface area contributed by atoms with Crippen molar-refractivity contribution in [2.75, 3.05) is 13.2 Å². The summed E-state index contributed by atoms with van der Waals surface area (Å²) in [5.41, 5.74) is -2.13. The number of hydrogen-bond donors (Lipinski definition) is 0. The predicted molar refractivity (Wildman–Crippen MR) is 149 cm³/mol. The third-order valence-electron chi connectivity index (χ3n) is 8.33. The summed E-state index contributed by atoms with van der Waals surface area (Å²) in [6, 6.07) is 1.73. The first kappa shape index (κ1) is 27.5. The van der Waals surface area contributed by atoms with Crippen molar-refractivity contribution in [3.63, 3.8) is 0 Å². The minimum absolute atomic E-state index is 0.0811. The summed E-state index contributed by atoms with van der Waals surface area (Å²) in [5, 5.41) is 0.325. The lowest BCUT2D eigenvalue weighted by atomic mass is 9.85. The van der Waals surface area contributed by atoms with E-state index in [1.807, 2.05) is 0 Å². The smallest absolute Gasteiger partial charge is 0.309 e. The van der Waals surface area contributed by atoms with E-state index in [2.05, 4.69) is 13.2 Å². The van der Waals surface area contributed by atoms with Crippen molar-refractivity contribution < 1.29 is 19.1 Å². The molecule has 210 valence electrons. The highest BCUT2D eigenvalue weighted by molar-refractivity contribution is 5.97. The van der Waals surface area contributed by atoms with Gasteiger partial charge in [0.15, 0.2) is 0 Å². The minimum Gasteiger partial charge on any atom is -0.461 e. The van der Waals surface area contributed by atoms with Crippen molar-refractivity contribution in [3.8, 4) is 0 Å². The van der Waals surface area contributed by atoms with Crippen LogP contribution in [0.5, 0.6) is 0 Å². The molecule has 4 atom stereocenters. The van der Waals surface area contributed by atoms with Gasteiger partial charge in [0.25, 0.3) is 22.2 Å². The highest BCUT2D eigenvalue weighted by atomic mass is 16.5. The van der Waals surface area contributed by atoms with Gasteiger partial charge in [0, 0.05) is 12.1 Å². The van der Waals surface area contributed by atoms with E-state index in [0.717, 1.165) is 0 Å². The maximum absolute atomic E-state index is 13.4. The summed E-state index contributed by atoms with van der Waals surface area (Å²) in [5.74, 6) is -1.62. The Morgan fingerprint density at radius 3 is 1.35 bits per heavy atom. The molecule has 3 aromatic rings. The quantitative estimate of drug-likeness (QED) is 0.310. The maximum atomic E-state index is 13.4. The number of rotatable bonds is 8. The van der Waals surface area contributed by atoms with Crippen molar-refractivity contribution in [3.05, 3.63) is 78.9 Å². The minimum atomic E-state index is -0.533. The molecule has 2 aromatic heterocycles. The zero-order chi connectivity index (χ0) is 28.6. The van der Waals surface area contributed by atoms with Gasteiger partial charge in [-0.25, -0.2) is 0 Å². The molecule has 40 heavy (non-hydrogen) atoms. The van der Waals surface area contributed by atoms with E-state index in [0.29, 0.717) is 51.4 Å². The number of carbonyl (C=O) groups excluding carboxylic acids is 2. The van der Waals surface area contributed by atoms with Crippen molar-refractivity contribution in [1.82, 2.24) is 9.13 Å². The molecule has 0 N–H and O–H groups in total. The number of esters is 2. The standard InChI is InChI=1S/C30H32N2O8/c1-3-11-39-29(37)17-7-5-9-19(13-17)31-25(33)21-15-23-24(16-22(21)26(31)34)28(36)32(27(23)35)20-10-6-8-18(14-20)30(38)40-12-4-2/h3-4,15-20H,1-2,5-14H2. The van der Waals surface area contributed by atoms with Crippen molar-refractivity contribution in [2.24, 2.45) is 11.8 Å². The third-order valence-corrected chi connectivity index (χ3v) is 8.33. The van der Waals surface area contributed by atoms with Crippen LogP contribution >= 0.6 is 0 Å². The number of carbonyl (C=O) groups is 2. The van der Waals surface area contributed by atoms with Crippen LogP contribution in [0.1, 0.15) is 63.5 Å². The molecule has 2 fully saturated rings. The van der Waals surface area contributed by atoms with E-state index in [4.69, 9.17) is 9.47 Å². The van der Waals surface area contributed by atoms with Crippen LogP contribution in [-0.4, -0.2) is 34.3 Å². The molecule has 0 bridgehead atoms. The fourth-order valence-corrected chi connectivity index (χ4v) is 6.42. The van der Waals surface area contributed by atoms with Gasteiger partial charge in [-0.2, -0.15) is 0 Å². The number of nitrogens with zero attached hydrogens (tertiary/aromatic N) is 2. The lowest BCUT2D eigenvalue weighted by Crippen LogP contribution is -2.35. The van der Waals surface area contributed by atoms with Gasteiger partial charge in [0.2, 0.25) is 0 Å². The molecular weight excluding hydrogens is 516 g/mol. The Kier molecular flexibility index (Phi) is 7.69. The van der Waals surface area contributed by atoms with Crippen LogP contribution in [-0.2, 0) is 19.1 Å². The molecule has 0 spiro atoms. The molecular formula is C30H32N2O8. The van der Waals surface area contributed by atoms with E-state index in [1.165, 1.54) is 33.4 Å². The van der Waals surface area contributed by atoms with Crippen molar-refractivity contribution in [2.45, 2.75) is 63.5 Å². The number of ether oxygens (including phenoxy) is 2. The van der Waals surface area contributed by atoms with Crippen LogP contribution in [0.2, 0.25) is 0 Å². The molecule has 0 aliphatic heterocycles. The summed E-state index contributed by atoms with van der Waals surface area (Å²) in [6.07, 6.45) is 7.19. The first-order valence-corrected chi connectivity index (χ1v) is 13.8. The highest BCUT2D eigenvalue weighted by Gasteiger charge is 2.34. The Labute approximate surface area is 229 Å².